The first-order valence-electron chi connectivity index (χ1n) is 10.2. The normalized spacial score (nSPS) is 19.3. The van der Waals surface area contributed by atoms with Gasteiger partial charge in [0.2, 0.25) is 5.52 Å². The molecule has 26 heavy (non-hydrogen) atoms. The average Bonchev–Trinajstić information content (AvgIpc) is 2.98. The molecular formula is C23H37O2P. The van der Waals surface area contributed by atoms with Crippen LogP contribution in [0.5, 0.6) is 0 Å². The van der Waals surface area contributed by atoms with E-state index in [0.29, 0.717) is 12.1 Å². The van der Waals surface area contributed by atoms with Crippen molar-refractivity contribution in [2.45, 2.75) is 86.2 Å². The van der Waals surface area contributed by atoms with E-state index >= 15 is 0 Å². The highest BCUT2D eigenvalue weighted by Gasteiger charge is 2.43. The standard InChI is InChI=1S/C23H37O2P/c1-16-12-18(3)21(19(4)13-16)22(24)26(25,20-10-8-9-11-20)15-17(2)14-23(5,6)7/h12-13,17,20H,8-11,14-15H2,1-7H3. The van der Waals surface area contributed by atoms with Gasteiger partial charge in [-0.1, -0.05) is 58.2 Å². The van der Waals surface area contributed by atoms with Crippen LogP contribution in [0.2, 0.25) is 0 Å². The Morgan fingerprint density at radius 1 is 1.12 bits per heavy atom. The molecule has 3 heteroatoms. The molecule has 1 aliphatic carbocycles. The van der Waals surface area contributed by atoms with Crippen molar-refractivity contribution in [1.29, 1.82) is 0 Å². The van der Waals surface area contributed by atoms with Gasteiger partial charge in [-0.05, 0) is 62.5 Å². The fraction of sp³-hybridized carbons (Fsp3) is 0.696. The molecule has 2 unspecified atom stereocenters. The maximum absolute atomic E-state index is 14.3. The molecule has 146 valence electrons. The summed E-state index contributed by atoms with van der Waals surface area (Å²) in [7, 11) is -2.93. The van der Waals surface area contributed by atoms with Gasteiger partial charge in [-0.25, -0.2) is 0 Å². The molecule has 0 amide bonds. The van der Waals surface area contributed by atoms with Crippen LogP contribution in [-0.2, 0) is 4.57 Å². The first kappa shape index (κ1) is 21.4. The predicted octanol–water partition coefficient (Wildman–Crippen LogP) is 7.13. The number of rotatable bonds is 6. The minimum atomic E-state index is -2.93. The summed E-state index contributed by atoms with van der Waals surface area (Å²) in [5.41, 5.74) is 4.10. The van der Waals surface area contributed by atoms with E-state index in [4.69, 9.17) is 0 Å². The van der Waals surface area contributed by atoms with Crippen LogP contribution >= 0.6 is 7.14 Å². The molecule has 2 atom stereocenters. The summed E-state index contributed by atoms with van der Waals surface area (Å²) in [6.45, 7) is 14.9. The number of carbonyl (C=O) groups excluding carboxylic acids is 1. The summed E-state index contributed by atoms with van der Waals surface area (Å²) in [5.74, 6) is 0.302. The van der Waals surface area contributed by atoms with Crippen LogP contribution in [0.25, 0.3) is 0 Å². The Bertz CT molecular complexity index is 682. The lowest BCUT2D eigenvalue weighted by Crippen LogP contribution is -2.22. The third-order valence-corrected chi connectivity index (χ3v) is 9.47. The minimum absolute atomic E-state index is 0.0415. The van der Waals surface area contributed by atoms with Gasteiger partial charge in [0.1, 0.15) is 0 Å². The summed E-state index contributed by atoms with van der Waals surface area (Å²) in [5, 5.41) is 0. The molecule has 1 aliphatic rings. The fourth-order valence-electron chi connectivity index (χ4n) is 5.00. The second-order valence-electron chi connectivity index (χ2n) is 9.87. The van der Waals surface area contributed by atoms with Crippen molar-refractivity contribution >= 4 is 12.7 Å². The zero-order chi connectivity index (χ0) is 19.7. The van der Waals surface area contributed by atoms with Gasteiger partial charge < -0.3 is 4.57 Å². The topological polar surface area (TPSA) is 34.1 Å². The molecule has 1 fully saturated rings. The van der Waals surface area contributed by atoms with Crippen molar-refractivity contribution < 1.29 is 9.36 Å². The summed E-state index contributed by atoms with van der Waals surface area (Å²) in [6.07, 6.45) is 5.71. The Kier molecular flexibility index (Phi) is 6.60. The van der Waals surface area contributed by atoms with Gasteiger partial charge in [-0.15, -0.1) is 0 Å². The molecule has 0 N–H and O–H groups in total. The van der Waals surface area contributed by atoms with Gasteiger partial charge in [0, 0.05) is 17.4 Å². The Labute approximate surface area is 160 Å². The van der Waals surface area contributed by atoms with Gasteiger partial charge in [-0.3, -0.25) is 4.79 Å². The molecule has 2 rings (SSSR count). The van der Waals surface area contributed by atoms with Crippen LogP contribution < -0.4 is 0 Å². The molecular weight excluding hydrogens is 339 g/mol. The van der Waals surface area contributed by atoms with E-state index in [0.717, 1.165) is 54.4 Å². The molecule has 1 saturated carbocycles. The zero-order valence-corrected chi connectivity index (χ0v) is 18.7. The molecule has 0 spiro atoms. The summed E-state index contributed by atoms with van der Waals surface area (Å²) >= 11 is 0. The van der Waals surface area contributed by atoms with E-state index in [1.165, 1.54) is 0 Å². The third kappa shape index (κ3) is 4.89. The first-order valence-corrected chi connectivity index (χ1v) is 12.1. The highest BCUT2D eigenvalue weighted by molar-refractivity contribution is 7.81. The molecule has 2 nitrogen and oxygen atoms in total. The van der Waals surface area contributed by atoms with Crippen molar-refractivity contribution in [3.63, 3.8) is 0 Å². The van der Waals surface area contributed by atoms with Gasteiger partial charge in [0.15, 0.2) is 7.14 Å². The number of hydrogen-bond acceptors (Lipinski definition) is 2. The lowest BCUT2D eigenvalue weighted by molar-refractivity contribution is 0.107. The molecule has 0 saturated heterocycles. The van der Waals surface area contributed by atoms with Crippen molar-refractivity contribution in [2.24, 2.45) is 11.3 Å². The second-order valence-corrected chi connectivity index (χ2v) is 13.0. The number of benzene rings is 1. The Morgan fingerprint density at radius 3 is 2.08 bits per heavy atom. The second kappa shape index (κ2) is 8.01. The quantitative estimate of drug-likeness (QED) is 0.495. The lowest BCUT2D eigenvalue weighted by Gasteiger charge is -2.30. The summed E-state index contributed by atoms with van der Waals surface area (Å²) in [6, 6.07) is 4.11. The van der Waals surface area contributed by atoms with Gasteiger partial charge >= 0.3 is 0 Å². The van der Waals surface area contributed by atoms with Crippen LogP contribution in [0, 0.1) is 32.1 Å². The maximum atomic E-state index is 14.3. The third-order valence-electron chi connectivity index (χ3n) is 5.69. The van der Waals surface area contributed by atoms with Crippen LogP contribution in [0.1, 0.15) is 86.8 Å². The van der Waals surface area contributed by atoms with Gasteiger partial charge in [0.25, 0.3) is 0 Å². The Hall–Kier alpha value is -0.880. The van der Waals surface area contributed by atoms with Crippen LogP contribution in [0.4, 0.5) is 0 Å². The van der Waals surface area contributed by atoms with Crippen molar-refractivity contribution in [1.82, 2.24) is 0 Å². The SMILES string of the molecule is Cc1cc(C)c(C(=O)P(=O)(CC(C)CC(C)(C)C)C2CCCC2)c(C)c1. The highest BCUT2D eigenvalue weighted by atomic mass is 31.2. The van der Waals surface area contributed by atoms with E-state index in [9.17, 15) is 9.36 Å². The van der Waals surface area contributed by atoms with E-state index < -0.39 is 7.14 Å². The average molecular weight is 377 g/mol. The fourth-order valence-corrected chi connectivity index (χ4v) is 8.78. The number of aryl methyl sites for hydroxylation is 3. The van der Waals surface area contributed by atoms with Crippen LogP contribution in [0.15, 0.2) is 12.1 Å². The number of hydrogen-bond donors (Lipinski definition) is 0. The van der Waals surface area contributed by atoms with Crippen molar-refractivity contribution in [3.8, 4) is 0 Å². The molecule has 1 aromatic carbocycles. The summed E-state index contributed by atoms with van der Waals surface area (Å²) < 4.78 is 14.3. The minimum Gasteiger partial charge on any atom is -0.315 e. The van der Waals surface area contributed by atoms with Crippen LogP contribution in [-0.4, -0.2) is 17.3 Å². The Morgan fingerprint density at radius 2 is 1.62 bits per heavy atom. The smallest absolute Gasteiger partial charge is 0.222 e. The largest absolute Gasteiger partial charge is 0.315 e. The van der Waals surface area contributed by atoms with E-state index in [1.54, 1.807) is 0 Å². The van der Waals surface area contributed by atoms with Crippen LogP contribution in [0.3, 0.4) is 0 Å². The molecule has 1 aromatic rings. The van der Waals surface area contributed by atoms with Gasteiger partial charge in [0.05, 0.1) is 0 Å². The molecule has 0 aromatic heterocycles. The van der Waals surface area contributed by atoms with Gasteiger partial charge in [-0.2, -0.15) is 0 Å². The van der Waals surface area contributed by atoms with Crippen molar-refractivity contribution in [2.75, 3.05) is 6.16 Å². The Balaban J connectivity index is 2.41. The van der Waals surface area contributed by atoms with E-state index in [-0.39, 0.29) is 16.6 Å². The maximum Gasteiger partial charge on any atom is 0.222 e. The number of carbonyl (C=O) groups is 1. The first-order chi connectivity index (χ1) is 11.9. The summed E-state index contributed by atoms with van der Waals surface area (Å²) in [4.78, 5) is 13.6. The molecule has 0 aliphatic heterocycles. The zero-order valence-electron chi connectivity index (χ0n) is 17.8. The molecule has 0 heterocycles. The monoisotopic (exact) mass is 376 g/mol. The lowest BCUT2D eigenvalue weighted by atomic mass is 9.86. The predicted molar refractivity (Wildman–Crippen MR) is 113 cm³/mol. The molecule has 0 radical (unpaired) electrons. The molecule has 0 bridgehead atoms. The highest BCUT2D eigenvalue weighted by Crippen LogP contribution is 2.60. The van der Waals surface area contributed by atoms with Crippen molar-refractivity contribution in [3.05, 3.63) is 34.4 Å². The van der Waals surface area contributed by atoms with E-state index in [2.05, 4.69) is 46.8 Å². The van der Waals surface area contributed by atoms with E-state index in [1.807, 2.05) is 13.8 Å².